The minimum absolute atomic E-state index is 0. The van der Waals surface area contributed by atoms with Crippen LogP contribution in [-0.4, -0.2) is 20.1 Å². The molecule has 0 aliphatic rings. The summed E-state index contributed by atoms with van der Waals surface area (Å²) in [4.78, 5) is 9.94. The van der Waals surface area contributed by atoms with Crippen molar-refractivity contribution in [2.75, 3.05) is 0 Å². The van der Waals surface area contributed by atoms with Gasteiger partial charge in [-0.05, 0) is 12.1 Å². The predicted molar refractivity (Wildman–Crippen MR) is 73.6 cm³/mol. The fourth-order valence-corrected chi connectivity index (χ4v) is 2.41. The average Bonchev–Trinajstić information content (AvgIpc) is 2.74. The second-order valence-electron chi connectivity index (χ2n) is 4.76. The number of benzene rings is 2. The zero-order chi connectivity index (χ0) is 14.7. The maximum absolute atomic E-state index is 9.94. The Balaban J connectivity index is 0.00000144. The van der Waals surface area contributed by atoms with E-state index in [0.717, 1.165) is 0 Å². The predicted octanol–water partition coefficient (Wildman–Crippen LogP) is -0.542. The van der Waals surface area contributed by atoms with Crippen LogP contribution in [0.3, 0.4) is 0 Å². The van der Waals surface area contributed by atoms with Crippen molar-refractivity contribution in [2.24, 2.45) is 0 Å². The van der Waals surface area contributed by atoms with E-state index in [1.165, 1.54) is 24.3 Å². The lowest BCUT2D eigenvalue weighted by atomic mass is 10.2. The van der Waals surface area contributed by atoms with Crippen LogP contribution in [0.2, 0.25) is 0 Å². The summed E-state index contributed by atoms with van der Waals surface area (Å²) in [6, 6.07) is 6.79. The molecular weight excluding hydrogens is 312 g/mol. The third kappa shape index (κ3) is 1.85. The number of phenols is 3. The average molecular weight is 321 g/mol. The molecule has 22 heavy (non-hydrogen) atoms. The van der Waals surface area contributed by atoms with Crippen molar-refractivity contribution in [3.63, 3.8) is 0 Å². The van der Waals surface area contributed by atoms with E-state index in [4.69, 9.17) is 8.83 Å². The topological polar surface area (TPSA) is 108 Å². The molecule has 0 fully saturated rings. The van der Waals surface area contributed by atoms with Crippen LogP contribution in [-0.2, 0) is 0 Å². The monoisotopic (exact) mass is 320 g/mol. The van der Waals surface area contributed by atoms with Crippen molar-refractivity contribution >= 4 is 33.1 Å². The lowest BCUT2D eigenvalue weighted by molar-refractivity contribution is -0.00000885. The highest BCUT2D eigenvalue weighted by Gasteiger charge is 2.18. The molecule has 7 heteroatoms. The Labute approximate surface area is 128 Å². The van der Waals surface area contributed by atoms with E-state index in [-0.39, 0.29) is 40.7 Å². The highest BCUT2D eigenvalue weighted by atomic mass is 35.5. The second-order valence-corrected chi connectivity index (χ2v) is 4.76. The van der Waals surface area contributed by atoms with E-state index in [9.17, 15) is 20.1 Å². The summed E-state index contributed by atoms with van der Waals surface area (Å²) in [6.07, 6.45) is 0. The fourth-order valence-electron chi connectivity index (χ4n) is 2.41. The smallest absolute Gasteiger partial charge is 0.358 e. The summed E-state index contributed by atoms with van der Waals surface area (Å²) in [6.45, 7) is 0. The van der Waals surface area contributed by atoms with Gasteiger partial charge in [0, 0.05) is 17.5 Å². The third-order valence-electron chi connectivity index (χ3n) is 3.34. The Morgan fingerprint density at radius 3 is 2.27 bits per heavy atom. The van der Waals surface area contributed by atoms with Crippen LogP contribution in [0.15, 0.2) is 39.2 Å². The van der Waals surface area contributed by atoms with Gasteiger partial charge in [0.1, 0.15) is 11.3 Å². The quantitative estimate of drug-likeness (QED) is 0.298. The van der Waals surface area contributed by atoms with E-state index in [1.54, 1.807) is 6.07 Å². The third-order valence-corrected chi connectivity index (χ3v) is 3.34. The van der Waals surface area contributed by atoms with Crippen LogP contribution < -0.4 is 17.8 Å². The molecule has 0 aliphatic heterocycles. The maximum atomic E-state index is 9.94. The Hall–Kier alpha value is -2.86. The number of fused-ring (bicyclic) bond motifs is 4. The fraction of sp³-hybridized carbons (Fsp3) is 0. The highest BCUT2D eigenvalue weighted by molar-refractivity contribution is 6.04. The van der Waals surface area contributed by atoms with Gasteiger partial charge in [0.05, 0.1) is 6.07 Å². The molecule has 4 rings (SSSR count). The summed E-state index contributed by atoms with van der Waals surface area (Å²) in [5.41, 5.74) is 1.07. The van der Waals surface area contributed by atoms with Crippen LogP contribution >= 0.6 is 0 Å². The number of furan rings is 1. The van der Waals surface area contributed by atoms with Gasteiger partial charge in [-0.3, -0.25) is 4.79 Å². The highest BCUT2D eigenvalue weighted by Crippen LogP contribution is 2.35. The van der Waals surface area contributed by atoms with Gasteiger partial charge in [0.25, 0.3) is 0 Å². The van der Waals surface area contributed by atoms with Gasteiger partial charge in [0.2, 0.25) is 0 Å². The van der Waals surface area contributed by atoms with Gasteiger partial charge in [-0.25, -0.2) is 0 Å². The second kappa shape index (κ2) is 4.57. The van der Waals surface area contributed by atoms with Crippen LogP contribution in [0, 0.1) is 0 Å². The minimum Gasteiger partial charge on any atom is -1.00 e. The van der Waals surface area contributed by atoms with Crippen molar-refractivity contribution in [1.82, 2.24) is 0 Å². The largest absolute Gasteiger partial charge is 1.00 e. The van der Waals surface area contributed by atoms with Crippen molar-refractivity contribution in [2.45, 2.75) is 0 Å². The van der Waals surface area contributed by atoms with Crippen LogP contribution in [0.4, 0.5) is 0 Å². The van der Waals surface area contributed by atoms with Crippen LogP contribution in [0.5, 0.6) is 17.2 Å². The number of rotatable bonds is 0. The molecular formula is C15H9ClO6. The molecule has 0 radical (unpaired) electrons. The van der Waals surface area contributed by atoms with Gasteiger partial charge >= 0.3 is 5.43 Å². The standard InChI is InChI=1S/C15H8O6.ClH/c16-7-3-10(19)14-12(4-7)20-13-2-6-1-8(17)9(18)5-11(6)21-15(13)14;/h1-5,16-18H;1H. The number of aromatic hydroxyl groups is 3. The first-order chi connectivity index (χ1) is 10.0. The Morgan fingerprint density at radius 2 is 1.50 bits per heavy atom. The number of hydrogen-bond acceptors (Lipinski definition) is 5. The summed E-state index contributed by atoms with van der Waals surface area (Å²) in [5, 5.41) is 29.4. The maximum Gasteiger partial charge on any atom is 0.358 e. The van der Waals surface area contributed by atoms with E-state index in [2.05, 4.69) is 0 Å². The van der Waals surface area contributed by atoms with Gasteiger partial charge in [0.15, 0.2) is 33.6 Å². The molecule has 0 atom stereocenters. The molecule has 2 aromatic carbocycles. The van der Waals surface area contributed by atoms with Gasteiger partial charge in [-0.2, -0.15) is 0 Å². The lowest BCUT2D eigenvalue weighted by Crippen LogP contribution is -3.00. The molecule has 0 aliphatic carbocycles. The van der Waals surface area contributed by atoms with Crippen LogP contribution in [0.25, 0.3) is 33.1 Å². The molecule has 0 bridgehead atoms. The minimum atomic E-state index is -0.305. The van der Waals surface area contributed by atoms with Gasteiger partial charge in [-0.15, -0.1) is 0 Å². The molecule has 2 aromatic heterocycles. The first-order valence-electron chi connectivity index (χ1n) is 6.10. The molecule has 0 spiro atoms. The molecule has 0 amide bonds. The Kier molecular flexibility index (Phi) is 2.93. The van der Waals surface area contributed by atoms with Gasteiger partial charge < -0.3 is 36.6 Å². The van der Waals surface area contributed by atoms with Crippen molar-refractivity contribution < 1.29 is 41.4 Å². The summed E-state index contributed by atoms with van der Waals surface area (Å²) in [7, 11) is 0. The molecule has 112 valence electrons. The first kappa shape index (κ1) is 14.1. The first-order valence-corrected chi connectivity index (χ1v) is 6.10. The van der Waals surface area contributed by atoms with E-state index < -0.39 is 0 Å². The molecule has 6 nitrogen and oxygen atoms in total. The van der Waals surface area contributed by atoms with Crippen molar-refractivity contribution in [3.05, 3.63) is 35.8 Å². The number of phenolic OH excluding ortho intramolecular Hbond substituents is 3. The zero-order valence-electron chi connectivity index (χ0n) is 10.9. The molecule has 0 saturated heterocycles. The van der Waals surface area contributed by atoms with Crippen molar-refractivity contribution in [1.29, 1.82) is 0 Å². The molecule has 0 unspecified atom stereocenters. The molecule has 0 saturated carbocycles. The van der Waals surface area contributed by atoms with E-state index >= 15 is 0 Å². The molecule has 4 N–H and O–H groups in total. The van der Waals surface area contributed by atoms with Crippen molar-refractivity contribution in [3.8, 4) is 17.2 Å². The zero-order valence-corrected chi connectivity index (χ0v) is 11.6. The van der Waals surface area contributed by atoms with E-state index in [0.29, 0.717) is 27.5 Å². The summed E-state index contributed by atoms with van der Waals surface area (Å²) < 4.78 is 11.2. The van der Waals surface area contributed by atoms with E-state index in [1.807, 2.05) is 0 Å². The Morgan fingerprint density at radius 1 is 0.773 bits per heavy atom. The summed E-state index contributed by atoms with van der Waals surface area (Å²) >= 11 is 0. The number of hydrogen-bond donors (Lipinski definition) is 3. The van der Waals surface area contributed by atoms with Gasteiger partial charge in [-0.1, -0.05) is 0 Å². The molecule has 2 heterocycles. The lowest BCUT2D eigenvalue weighted by Gasteiger charge is -2.00. The summed E-state index contributed by atoms with van der Waals surface area (Å²) in [5.74, 6) is -0.701. The SMILES string of the molecule is Oc1cc(=[OH+])c2c(c1)oc1cc3cc(O)c(O)cc3oc12.[Cl-]. The molecule has 4 aromatic rings. The number of halogens is 1. The normalized spacial score (nSPS) is 11.1. The Bertz CT molecular complexity index is 1090. The van der Waals surface area contributed by atoms with Crippen LogP contribution in [0.1, 0.15) is 0 Å².